The van der Waals surface area contributed by atoms with Gasteiger partial charge in [-0.3, -0.25) is 4.79 Å². The summed E-state index contributed by atoms with van der Waals surface area (Å²) in [4.78, 5) is 12.9. The lowest BCUT2D eigenvalue weighted by molar-refractivity contribution is -0.117. The van der Waals surface area contributed by atoms with Gasteiger partial charge in [0.1, 0.15) is 17.5 Å². The molecule has 1 aromatic heterocycles. The molecule has 0 saturated carbocycles. The van der Waals surface area contributed by atoms with Crippen LogP contribution in [0.1, 0.15) is 35.3 Å². The molecule has 0 bridgehead atoms. The molecule has 4 nitrogen and oxygen atoms in total. The molecule has 1 amide bonds. The van der Waals surface area contributed by atoms with Gasteiger partial charge in [-0.2, -0.15) is 5.26 Å². The minimum atomic E-state index is -0.431. The minimum absolute atomic E-state index is 0.0228. The van der Waals surface area contributed by atoms with E-state index in [1.54, 1.807) is 18.2 Å². The second-order valence-electron chi connectivity index (χ2n) is 7.97. The van der Waals surface area contributed by atoms with Gasteiger partial charge in [-0.05, 0) is 37.6 Å². The number of amides is 1. The fourth-order valence-corrected chi connectivity index (χ4v) is 4.03. The normalized spacial score (nSPS) is 12.4. The first-order valence-electron chi connectivity index (χ1n) is 10.8. The van der Waals surface area contributed by atoms with Crippen molar-refractivity contribution < 1.29 is 9.18 Å². The zero-order valence-corrected chi connectivity index (χ0v) is 18.5. The average molecular weight is 438 g/mol. The summed E-state index contributed by atoms with van der Waals surface area (Å²) in [5.74, 6) is -0.696. The largest absolute Gasteiger partial charge is 0.345 e. The highest BCUT2D eigenvalue weighted by atomic mass is 19.1. The molecular formula is C28H24FN3O. The van der Waals surface area contributed by atoms with E-state index >= 15 is 0 Å². The van der Waals surface area contributed by atoms with Gasteiger partial charge in [0, 0.05) is 27.7 Å². The van der Waals surface area contributed by atoms with E-state index < -0.39 is 5.91 Å². The number of benzene rings is 3. The van der Waals surface area contributed by atoms with Crippen molar-refractivity contribution in [2.24, 2.45) is 0 Å². The van der Waals surface area contributed by atoms with Crippen LogP contribution in [0.2, 0.25) is 0 Å². The van der Waals surface area contributed by atoms with Gasteiger partial charge in [-0.25, -0.2) is 4.39 Å². The zero-order chi connectivity index (χ0) is 23.4. The van der Waals surface area contributed by atoms with Crippen LogP contribution in [0.5, 0.6) is 0 Å². The van der Waals surface area contributed by atoms with Crippen molar-refractivity contribution in [2.75, 3.05) is 0 Å². The summed E-state index contributed by atoms with van der Waals surface area (Å²) in [6.07, 6.45) is 1.63. The van der Waals surface area contributed by atoms with Crippen molar-refractivity contribution in [3.63, 3.8) is 0 Å². The number of rotatable bonds is 6. The number of hydrogen-bond acceptors (Lipinski definition) is 2. The van der Waals surface area contributed by atoms with Crippen molar-refractivity contribution in [1.82, 2.24) is 9.88 Å². The molecule has 0 aliphatic carbocycles. The van der Waals surface area contributed by atoms with Gasteiger partial charge >= 0.3 is 0 Å². The summed E-state index contributed by atoms with van der Waals surface area (Å²) in [6.45, 7) is 4.16. The first kappa shape index (κ1) is 22.0. The predicted molar refractivity (Wildman–Crippen MR) is 129 cm³/mol. The molecule has 164 valence electrons. The van der Waals surface area contributed by atoms with Crippen LogP contribution >= 0.6 is 0 Å². The monoisotopic (exact) mass is 437 g/mol. The summed E-state index contributed by atoms with van der Waals surface area (Å²) >= 11 is 0. The Morgan fingerprint density at radius 1 is 1.06 bits per heavy atom. The number of nitrogens with zero attached hydrogens (tertiary/aromatic N) is 2. The molecule has 4 rings (SSSR count). The maximum Gasteiger partial charge on any atom is 0.262 e. The van der Waals surface area contributed by atoms with Gasteiger partial charge in [0.05, 0.1) is 12.6 Å². The first-order chi connectivity index (χ1) is 16.0. The van der Waals surface area contributed by atoms with E-state index in [1.165, 1.54) is 6.07 Å². The Labute approximate surface area is 192 Å². The molecule has 0 fully saturated rings. The quantitative estimate of drug-likeness (QED) is 0.301. The smallest absolute Gasteiger partial charge is 0.262 e. The van der Waals surface area contributed by atoms with E-state index in [2.05, 4.69) is 5.32 Å². The first-order valence-corrected chi connectivity index (χ1v) is 10.8. The summed E-state index contributed by atoms with van der Waals surface area (Å²) in [5, 5.41) is 13.6. The van der Waals surface area contributed by atoms with Crippen LogP contribution in [0, 0.1) is 24.1 Å². The number of carbonyl (C=O) groups is 1. The molecule has 0 radical (unpaired) electrons. The Balaban J connectivity index is 1.71. The number of aromatic nitrogens is 1. The molecule has 0 spiro atoms. The molecular weight excluding hydrogens is 413 g/mol. The van der Waals surface area contributed by atoms with Gasteiger partial charge in [-0.1, -0.05) is 66.7 Å². The van der Waals surface area contributed by atoms with Gasteiger partial charge < -0.3 is 9.88 Å². The van der Waals surface area contributed by atoms with Crippen molar-refractivity contribution >= 4 is 22.9 Å². The summed E-state index contributed by atoms with van der Waals surface area (Å²) in [7, 11) is 0. The third-order valence-corrected chi connectivity index (χ3v) is 5.87. The fourth-order valence-electron chi connectivity index (χ4n) is 4.03. The average Bonchev–Trinajstić information content (AvgIpc) is 3.10. The van der Waals surface area contributed by atoms with E-state index in [1.807, 2.05) is 85.1 Å². The molecule has 4 aromatic rings. The lowest BCUT2D eigenvalue weighted by Crippen LogP contribution is -2.27. The Hall–Kier alpha value is -4.17. The molecule has 0 aliphatic heterocycles. The molecule has 0 aliphatic rings. The van der Waals surface area contributed by atoms with Crippen molar-refractivity contribution in [1.29, 1.82) is 5.26 Å². The number of para-hydroxylation sites is 1. The van der Waals surface area contributed by atoms with Gasteiger partial charge in [0.15, 0.2) is 0 Å². The molecule has 0 saturated heterocycles. The number of carbonyl (C=O) groups excluding carboxylic acids is 1. The number of nitriles is 1. The van der Waals surface area contributed by atoms with E-state index in [4.69, 9.17) is 0 Å². The van der Waals surface area contributed by atoms with Crippen LogP contribution in [-0.2, 0) is 11.3 Å². The molecule has 33 heavy (non-hydrogen) atoms. The maximum atomic E-state index is 14.3. The molecule has 5 heteroatoms. The second-order valence-corrected chi connectivity index (χ2v) is 7.97. The number of halogens is 1. The number of nitrogens with one attached hydrogen (secondary N) is 1. The van der Waals surface area contributed by atoms with Crippen LogP contribution in [0.3, 0.4) is 0 Å². The molecule has 1 atom stereocenters. The topological polar surface area (TPSA) is 57.8 Å². The minimum Gasteiger partial charge on any atom is -0.345 e. The molecule has 0 unspecified atom stereocenters. The van der Waals surface area contributed by atoms with Crippen molar-refractivity contribution in [3.05, 3.63) is 113 Å². The summed E-state index contributed by atoms with van der Waals surface area (Å²) < 4.78 is 16.3. The van der Waals surface area contributed by atoms with Crippen LogP contribution in [0.4, 0.5) is 4.39 Å². The molecule has 1 heterocycles. The lowest BCUT2D eigenvalue weighted by atomic mass is 10.1. The van der Waals surface area contributed by atoms with Crippen LogP contribution < -0.4 is 5.32 Å². The van der Waals surface area contributed by atoms with Crippen molar-refractivity contribution in [3.8, 4) is 6.07 Å². The van der Waals surface area contributed by atoms with Gasteiger partial charge in [-0.15, -0.1) is 0 Å². The highest BCUT2D eigenvalue weighted by Gasteiger charge is 2.18. The summed E-state index contributed by atoms with van der Waals surface area (Å²) in [6, 6.07) is 25.8. The summed E-state index contributed by atoms with van der Waals surface area (Å²) in [5.41, 5.74) is 4.11. The number of fused-ring (bicyclic) bond motifs is 1. The Bertz CT molecular complexity index is 1380. The van der Waals surface area contributed by atoms with Gasteiger partial charge in [0.2, 0.25) is 0 Å². The zero-order valence-electron chi connectivity index (χ0n) is 18.5. The highest BCUT2D eigenvalue weighted by molar-refractivity contribution is 6.04. The van der Waals surface area contributed by atoms with Crippen LogP contribution in [-0.4, -0.2) is 10.5 Å². The lowest BCUT2D eigenvalue weighted by Gasteiger charge is -2.13. The highest BCUT2D eigenvalue weighted by Crippen LogP contribution is 2.29. The SMILES string of the molecule is Cc1c(/C=C(/C#N)C(=O)N[C@@H](C)c2ccccc2)c2ccccc2n1Cc1ccccc1F. The van der Waals surface area contributed by atoms with Crippen LogP contribution in [0.25, 0.3) is 17.0 Å². The predicted octanol–water partition coefficient (Wildman–Crippen LogP) is 5.92. The number of hydrogen-bond donors (Lipinski definition) is 1. The maximum absolute atomic E-state index is 14.3. The fraction of sp³-hybridized carbons (Fsp3) is 0.143. The van der Waals surface area contributed by atoms with E-state index in [0.29, 0.717) is 12.1 Å². The Morgan fingerprint density at radius 2 is 1.73 bits per heavy atom. The molecule has 1 N–H and O–H groups in total. The third kappa shape index (κ3) is 4.56. The van der Waals surface area contributed by atoms with E-state index in [0.717, 1.165) is 27.7 Å². The second kappa shape index (κ2) is 9.54. The van der Waals surface area contributed by atoms with E-state index in [-0.39, 0.29) is 17.4 Å². The Kier molecular flexibility index (Phi) is 6.37. The van der Waals surface area contributed by atoms with Crippen LogP contribution in [0.15, 0.2) is 84.4 Å². The van der Waals surface area contributed by atoms with Gasteiger partial charge in [0.25, 0.3) is 5.91 Å². The standard InChI is InChI=1S/C28H24FN3O/c1-19(21-10-4-3-5-11-21)31-28(33)23(17-30)16-25-20(2)32(27-15-9-7-13-24(25)27)18-22-12-6-8-14-26(22)29/h3-16,19H,18H2,1-2H3,(H,31,33)/b23-16-/t19-/m0/s1. The molecule has 3 aromatic carbocycles. The third-order valence-electron chi connectivity index (χ3n) is 5.87. The van der Waals surface area contributed by atoms with E-state index in [9.17, 15) is 14.4 Å². The Morgan fingerprint density at radius 3 is 2.45 bits per heavy atom. The van der Waals surface area contributed by atoms with Crippen molar-refractivity contribution in [2.45, 2.75) is 26.4 Å².